The number of ether oxygens (including phenoxy) is 1. The summed E-state index contributed by atoms with van der Waals surface area (Å²) >= 11 is 1.77. The first kappa shape index (κ1) is 18.1. The van der Waals surface area contributed by atoms with Crippen LogP contribution >= 0.6 is 11.8 Å². The lowest BCUT2D eigenvalue weighted by molar-refractivity contribution is -0.116. The number of amides is 1. The van der Waals surface area contributed by atoms with E-state index in [0.29, 0.717) is 17.9 Å². The standard InChI is InChI=1S/C22H21NO2S/c24-22(16-9-17-26-19-12-5-2-6-13-19)23-20-14-7-8-15-21(20)25-18-10-3-1-4-11-18/h1-8,10-15H,9,16-17H2,(H,23,24). The molecule has 0 saturated carbocycles. The zero-order chi connectivity index (χ0) is 18.0. The predicted molar refractivity (Wildman–Crippen MR) is 108 cm³/mol. The number of nitrogens with one attached hydrogen (secondary N) is 1. The number of benzene rings is 3. The Labute approximate surface area is 158 Å². The summed E-state index contributed by atoms with van der Waals surface area (Å²) in [6, 6.07) is 27.3. The smallest absolute Gasteiger partial charge is 0.224 e. The van der Waals surface area contributed by atoms with E-state index in [0.717, 1.165) is 17.9 Å². The topological polar surface area (TPSA) is 38.3 Å². The summed E-state index contributed by atoms with van der Waals surface area (Å²) in [5.74, 6) is 2.31. The number of hydrogen-bond acceptors (Lipinski definition) is 3. The molecule has 0 atom stereocenters. The molecular formula is C22H21NO2S. The molecule has 0 aliphatic carbocycles. The minimum Gasteiger partial charge on any atom is -0.455 e. The van der Waals surface area contributed by atoms with Crippen LogP contribution in [0.15, 0.2) is 89.8 Å². The molecule has 3 aromatic carbocycles. The molecule has 3 aromatic rings. The lowest BCUT2D eigenvalue weighted by atomic mass is 10.2. The molecule has 0 spiro atoms. The van der Waals surface area contributed by atoms with Gasteiger partial charge in [-0.05, 0) is 48.6 Å². The second-order valence-electron chi connectivity index (χ2n) is 5.72. The molecule has 3 nitrogen and oxygen atoms in total. The van der Waals surface area contributed by atoms with Crippen molar-refractivity contribution in [1.82, 2.24) is 0 Å². The van der Waals surface area contributed by atoms with Gasteiger partial charge in [0.15, 0.2) is 5.75 Å². The van der Waals surface area contributed by atoms with E-state index in [9.17, 15) is 4.79 Å². The van der Waals surface area contributed by atoms with E-state index in [1.165, 1.54) is 4.90 Å². The normalized spacial score (nSPS) is 10.3. The lowest BCUT2D eigenvalue weighted by Gasteiger charge is -2.12. The first-order valence-corrected chi connectivity index (χ1v) is 9.59. The highest BCUT2D eigenvalue weighted by Gasteiger charge is 2.08. The van der Waals surface area contributed by atoms with Crippen LogP contribution < -0.4 is 10.1 Å². The maximum absolute atomic E-state index is 12.3. The average molecular weight is 363 g/mol. The highest BCUT2D eigenvalue weighted by atomic mass is 32.2. The Hall–Kier alpha value is -2.72. The molecule has 0 fully saturated rings. The van der Waals surface area contributed by atoms with Crippen LogP contribution in [0.3, 0.4) is 0 Å². The van der Waals surface area contributed by atoms with Crippen molar-refractivity contribution in [3.05, 3.63) is 84.9 Å². The number of para-hydroxylation sites is 3. The summed E-state index contributed by atoms with van der Waals surface area (Å²) < 4.78 is 5.88. The van der Waals surface area contributed by atoms with Gasteiger partial charge >= 0.3 is 0 Å². The summed E-state index contributed by atoms with van der Waals surface area (Å²) in [5, 5.41) is 2.96. The monoisotopic (exact) mass is 363 g/mol. The Kier molecular flexibility index (Phi) is 6.73. The van der Waals surface area contributed by atoms with Gasteiger partial charge in [-0.2, -0.15) is 0 Å². The summed E-state index contributed by atoms with van der Waals surface area (Å²) in [5.41, 5.74) is 0.692. The molecular weight excluding hydrogens is 342 g/mol. The fourth-order valence-corrected chi connectivity index (χ4v) is 3.30. The Morgan fingerprint density at radius 1 is 0.846 bits per heavy atom. The van der Waals surface area contributed by atoms with Crippen LogP contribution in [-0.2, 0) is 4.79 Å². The van der Waals surface area contributed by atoms with Crippen molar-refractivity contribution in [3.8, 4) is 11.5 Å². The van der Waals surface area contributed by atoms with E-state index in [1.807, 2.05) is 72.8 Å². The third-order valence-corrected chi connectivity index (χ3v) is 4.79. The van der Waals surface area contributed by atoms with Gasteiger partial charge in [-0.15, -0.1) is 11.8 Å². The zero-order valence-electron chi connectivity index (χ0n) is 14.4. The minimum absolute atomic E-state index is 0.00257. The van der Waals surface area contributed by atoms with Crippen LogP contribution in [0.25, 0.3) is 0 Å². The quantitative estimate of drug-likeness (QED) is 0.394. The summed E-state index contributed by atoms with van der Waals surface area (Å²) in [7, 11) is 0. The molecule has 0 heterocycles. The second kappa shape index (κ2) is 9.68. The predicted octanol–water partition coefficient (Wildman–Crippen LogP) is 5.99. The van der Waals surface area contributed by atoms with Crippen LogP contribution in [0, 0.1) is 0 Å². The van der Waals surface area contributed by atoms with Gasteiger partial charge in [-0.25, -0.2) is 0 Å². The van der Waals surface area contributed by atoms with Crippen molar-refractivity contribution >= 4 is 23.4 Å². The second-order valence-corrected chi connectivity index (χ2v) is 6.89. The highest BCUT2D eigenvalue weighted by Crippen LogP contribution is 2.29. The first-order valence-electron chi connectivity index (χ1n) is 8.61. The Balaban J connectivity index is 1.49. The summed E-state index contributed by atoms with van der Waals surface area (Å²) in [6.07, 6.45) is 1.31. The number of anilines is 1. The molecule has 0 bridgehead atoms. The van der Waals surface area contributed by atoms with Crippen LogP contribution in [0.5, 0.6) is 11.5 Å². The largest absolute Gasteiger partial charge is 0.455 e. The number of carbonyl (C=O) groups is 1. The molecule has 4 heteroatoms. The molecule has 0 aromatic heterocycles. The fourth-order valence-electron chi connectivity index (χ4n) is 2.43. The molecule has 132 valence electrons. The fraction of sp³-hybridized carbons (Fsp3) is 0.136. The van der Waals surface area contributed by atoms with Gasteiger partial charge in [-0.3, -0.25) is 4.79 Å². The van der Waals surface area contributed by atoms with E-state index in [1.54, 1.807) is 11.8 Å². The molecule has 3 rings (SSSR count). The van der Waals surface area contributed by atoms with Gasteiger partial charge < -0.3 is 10.1 Å². The molecule has 1 N–H and O–H groups in total. The van der Waals surface area contributed by atoms with Gasteiger partial charge in [0, 0.05) is 11.3 Å². The van der Waals surface area contributed by atoms with Crippen LogP contribution in [-0.4, -0.2) is 11.7 Å². The molecule has 0 aliphatic rings. The number of rotatable bonds is 8. The number of carbonyl (C=O) groups excluding carboxylic acids is 1. The van der Waals surface area contributed by atoms with E-state index in [4.69, 9.17) is 4.74 Å². The van der Waals surface area contributed by atoms with Gasteiger partial charge in [0.1, 0.15) is 5.75 Å². The van der Waals surface area contributed by atoms with Crippen molar-refractivity contribution in [1.29, 1.82) is 0 Å². The SMILES string of the molecule is O=C(CCCSc1ccccc1)Nc1ccccc1Oc1ccccc1. The Morgan fingerprint density at radius 2 is 1.50 bits per heavy atom. The summed E-state index contributed by atoms with van der Waals surface area (Å²) in [6.45, 7) is 0. The van der Waals surface area contributed by atoms with E-state index < -0.39 is 0 Å². The van der Waals surface area contributed by atoms with Crippen molar-refractivity contribution in [2.75, 3.05) is 11.1 Å². The van der Waals surface area contributed by atoms with Gasteiger partial charge in [0.05, 0.1) is 5.69 Å². The van der Waals surface area contributed by atoms with E-state index in [-0.39, 0.29) is 5.91 Å². The molecule has 0 saturated heterocycles. The number of hydrogen-bond donors (Lipinski definition) is 1. The molecule has 1 amide bonds. The maximum Gasteiger partial charge on any atom is 0.224 e. The average Bonchev–Trinajstić information content (AvgIpc) is 2.68. The molecule has 0 radical (unpaired) electrons. The summed E-state index contributed by atoms with van der Waals surface area (Å²) in [4.78, 5) is 13.5. The van der Waals surface area contributed by atoms with Crippen molar-refractivity contribution in [3.63, 3.8) is 0 Å². The third-order valence-electron chi connectivity index (χ3n) is 3.69. The van der Waals surface area contributed by atoms with Crippen molar-refractivity contribution < 1.29 is 9.53 Å². The Bertz CT molecular complexity index is 822. The third kappa shape index (κ3) is 5.67. The van der Waals surface area contributed by atoms with Gasteiger partial charge in [-0.1, -0.05) is 48.5 Å². The minimum atomic E-state index is 0.00257. The lowest BCUT2D eigenvalue weighted by Crippen LogP contribution is -2.12. The Morgan fingerprint density at radius 3 is 2.27 bits per heavy atom. The van der Waals surface area contributed by atoms with E-state index in [2.05, 4.69) is 17.4 Å². The van der Waals surface area contributed by atoms with Crippen LogP contribution in [0.1, 0.15) is 12.8 Å². The molecule has 0 aliphatic heterocycles. The molecule has 0 unspecified atom stereocenters. The zero-order valence-corrected chi connectivity index (χ0v) is 15.2. The highest BCUT2D eigenvalue weighted by molar-refractivity contribution is 7.99. The number of thioether (sulfide) groups is 1. The molecule has 26 heavy (non-hydrogen) atoms. The van der Waals surface area contributed by atoms with Crippen molar-refractivity contribution in [2.45, 2.75) is 17.7 Å². The van der Waals surface area contributed by atoms with E-state index >= 15 is 0 Å². The van der Waals surface area contributed by atoms with Crippen LogP contribution in [0.4, 0.5) is 5.69 Å². The van der Waals surface area contributed by atoms with Gasteiger partial charge in [0.25, 0.3) is 0 Å². The van der Waals surface area contributed by atoms with Gasteiger partial charge in [0.2, 0.25) is 5.91 Å². The first-order chi connectivity index (χ1) is 12.8. The van der Waals surface area contributed by atoms with Crippen LogP contribution in [0.2, 0.25) is 0 Å². The van der Waals surface area contributed by atoms with Crippen molar-refractivity contribution in [2.24, 2.45) is 0 Å². The maximum atomic E-state index is 12.3.